The Labute approximate surface area is 149 Å². The van der Waals surface area contributed by atoms with Gasteiger partial charge in [-0.1, -0.05) is 29.4 Å². The van der Waals surface area contributed by atoms with Crippen molar-refractivity contribution in [1.29, 1.82) is 0 Å². The summed E-state index contributed by atoms with van der Waals surface area (Å²) in [7, 11) is 1.52. The van der Waals surface area contributed by atoms with Crippen LogP contribution in [-0.4, -0.2) is 44.9 Å². The van der Waals surface area contributed by atoms with Crippen LogP contribution in [0.15, 0.2) is 48.5 Å². The van der Waals surface area contributed by atoms with E-state index in [1.54, 1.807) is 12.1 Å². The van der Waals surface area contributed by atoms with Crippen LogP contribution >= 0.6 is 0 Å². The third-order valence-electron chi connectivity index (χ3n) is 3.48. The van der Waals surface area contributed by atoms with Crippen molar-refractivity contribution in [3.05, 3.63) is 54.1 Å². The lowest BCUT2D eigenvalue weighted by molar-refractivity contribution is -0.135. The summed E-state index contributed by atoms with van der Waals surface area (Å²) in [5.41, 5.74) is 1.62. The fourth-order valence-electron chi connectivity index (χ4n) is 2.29. The number of aromatic nitrogens is 4. The monoisotopic (exact) mass is 355 g/mol. The molecule has 0 radical (unpaired) electrons. The fourth-order valence-corrected chi connectivity index (χ4v) is 2.29. The van der Waals surface area contributed by atoms with Crippen LogP contribution in [0, 0.1) is 0 Å². The van der Waals surface area contributed by atoms with Gasteiger partial charge in [-0.25, -0.2) is 0 Å². The first kappa shape index (κ1) is 17.4. The van der Waals surface area contributed by atoms with E-state index < -0.39 is 5.97 Å². The average molecular weight is 355 g/mol. The van der Waals surface area contributed by atoms with Gasteiger partial charge < -0.3 is 19.9 Å². The SMILES string of the molecule is COc1cc(CNCC(=O)O)ccc1Oc1nnnn1-c1ccccc1. The number of ether oxygens (including phenoxy) is 2. The summed E-state index contributed by atoms with van der Waals surface area (Å²) in [6.45, 7) is 0.275. The molecule has 0 aliphatic rings. The second-order valence-electron chi connectivity index (χ2n) is 5.29. The molecule has 9 heteroatoms. The normalized spacial score (nSPS) is 10.5. The Morgan fingerprint density at radius 2 is 2.00 bits per heavy atom. The van der Waals surface area contributed by atoms with Gasteiger partial charge in [0.2, 0.25) is 0 Å². The highest BCUT2D eigenvalue weighted by Gasteiger charge is 2.14. The van der Waals surface area contributed by atoms with Gasteiger partial charge in [0, 0.05) is 6.54 Å². The number of rotatable bonds is 8. The molecule has 0 aliphatic heterocycles. The zero-order valence-electron chi connectivity index (χ0n) is 14.0. The molecule has 0 fully saturated rings. The van der Waals surface area contributed by atoms with Crippen molar-refractivity contribution < 1.29 is 19.4 Å². The first-order chi connectivity index (χ1) is 12.7. The van der Waals surface area contributed by atoms with E-state index >= 15 is 0 Å². The lowest BCUT2D eigenvalue weighted by atomic mass is 10.2. The van der Waals surface area contributed by atoms with Crippen LogP contribution < -0.4 is 14.8 Å². The van der Waals surface area contributed by atoms with Crippen LogP contribution in [0.3, 0.4) is 0 Å². The molecule has 0 bridgehead atoms. The van der Waals surface area contributed by atoms with Crippen molar-refractivity contribution in [1.82, 2.24) is 25.5 Å². The number of benzene rings is 2. The Morgan fingerprint density at radius 3 is 2.73 bits per heavy atom. The molecule has 9 nitrogen and oxygen atoms in total. The molecule has 26 heavy (non-hydrogen) atoms. The number of nitrogens with one attached hydrogen (secondary N) is 1. The van der Waals surface area contributed by atoms with E-state index in [1.165, 1.54) is 11.8 Å². The number of hydrogen-bond donors (Lipinski definition) is 2. The number of aliphatic carboxylic acids is 1. The summed E-state index contributed by atoms with van der Waals surface area (Å²) >= 11 is 0. The summed E-state index contributed by atoms with van der Waals surface area (Å²) in [4.78, 5) is 10.6. The van der Waals surface area contributed by atoms with Gasteiger partial charge in [0.25, 0.3) is 0 Å². The topological polar surface area (TPSA) is 111 Å². The highest BCUT2D eigenvalue weighted by atomic mass is 16.5. The van der Waals surface area contributed by atoms with Crippen LogP contribution in [0.5, 0.6) is 17.5 Å². The van der Waals surface area contributed by atoms with Gasteiger partial charge in [-0.05, 0) is 40.3 Å². The van der Waals surface area contributed by atoms with Crippen LogP contribution in [0.1, 0.15) is 5.56 Å². The zero-order chi connectivity index (χ0) is 18.4. The van der Waals surface area contributed by atoms with E-state index in [9.17, 15) is 4.79 Å². The second-order valence-corrected chi connectivity index (χ2v) is 5.29. The minimum Gasteiger partial charge on any atom is -0.493 e. The molecule has 0 spiro atoms. The highest BCUT2D eigenvalue weighted by molar-refractivity contribution is 5.69. The summed E-state index contributed by atoms with van der Waals surface area (Å²) in [5, 5.41) is 23.0. The molecule has 0 atom stereocenters. The Kier molecular flexibility index (Phi) is 5.40. The molecule has 3 rings (SSSR count). The first-order valence-electron chi connectivity index (χ1n) is 7.78. The number of carboxylic acids is 1. The molecule has 3 aromatic rings. The van der Waals surface area contributed by atoms with E-state index in [-0.39, 0.29) is 12.6 Å². The molecule has 0 saturated carbocycles. The fraction of sp³-hybridized carbons (Fsp3) is 0.176. The number of carboxylic acid groups (broad SMARTS) is 1. The van der Waals surface area contributed by atoms with Crippen LogP contribution in [0.2, 0.25) is 0 Å². The molecule has 2 N–H and O–H groups in total. The Hall–Kier alpha value is -3.46. The van der Waals surface area contributed by atoms with Gasteiger partial charge in [0.15, 0.2) is 11.5 Å². The molecule has 2 aromatic carbocycles. The number of nitrogens with zero attached hydrogens (tertiary/aromatic N) is 4. The van der Waals surface area contributed by atoms with Crippen LogP contribution in [-0.2, 0) is 11.3 Å². The summed E-state index contributed by atoms with van der Waals surface area (Å²) in [6, 6.07) is 14.9. The van der Waals surface area contributed by atoms with E-state index in [2.05, 4.69) is 20.8 Å². The summed E-state index contributed by atoms with van der Waals surface area (Å²) in [5.74, 6) is 0.0216. The highest BCUT2D eigenvalue weighted by Crippen LogP contribution is 2.32. The molecular formula is C17H17N5O4. The standard InChI is InChI=1S/C17H17N5O4/c1-25-15-9-12(10-18-11-16(23)24)7-8-14(15)26-17-19-20-21-22(17)13-5-3-2-4-6-13/h2-9,18H,10-11H2,1H3,(H,23,24). The molecule has 134 valence electrons. The lowest BCUT2D eigenvalue weighted by Crippen LogP contribution is -2.21. The predicted octanol–water partition coefficient (Wildman–Crippen LogP) is 1.64. The number of tetrazole rings is 1. The quantitative estimate of drug-likeness (QED) is 0.627. The lowest BCUT2D eigenvalue weighted by Gasteiger charge is -2.11. The van der Waals surface area contributed by atoms with Crippen molar-refractivity contribution in [2.75, 3.05) is 13.7 Å². The van der Waals surface area contributed by atoms with Crippen molar-refractivity contribution in [2.45, 2.75) is 6.54 Å². The zero-order valence-corrected chi connectivity index (χ0v) is 14.0. The van der Waals surface area contributed by atoms with E-state index in [1.807, 2.05) is 36.4 Å². The maximum atomic E-state index is 10.6. The van der Waals surface area contributed by atoms with Gasteiger partial charge in [-0.15, -0.1) is 0 Å². The van der Waals surface area contributed by atoms with Gasteiger partial charge in [-0.2, -0.15) is 4.68 Å². The number of para-hydroxylation sites is 1. The maximum absolute atomic E-state index is 10.6. The van der Waals surface area contributed by atoms with Gasteiger partial charge in [0.05, 0.1) is 19.3 Å². The third kappa shape index (κ3) is 4.14. The van der Waals surface area contributed by atoms with E-state index in [0.29, 0.717) is 18.0 Å². The van der Waals surface area contributed by atoms with Crippen molar-refractivity contribution in [3.8, 4) is 23.2 Å². The molecular weight excluding hydrogens is 338 g/mol. The van der Waals surface area contributed by atoms with Gasteiger partial charge in [-0.3, -0.25) is 4.79 Å². The van der Waals surface area contributed by atoms with Gasteiger partial charge >= 0.3 is 12.0 Å². The largest absolute Gasteiger partial charge is 0.493 e. The summed E-state index contributed by atoms with van der Waals surface area (Å²) < 4.78 is 12.6. The molecule has 0 amide bonds. The van der Waals surface area contributed by atoms with E-state index in [4.69, 9.17) is 14.6 Å². The second kappa shape index (κ2) is 8.08. The molecule has 0 saturated heterocycles. The molecule has 0 unspecified atom stereocenters. The van der Waals surface area contributed by atoms with Gasteiger partial charge in [0.1, 0.15) is 0 Å². The molecule has 1 heterocycles. The maximum Gasteiger partial charge on any atom is 0.346 e. The third-order valence-corrected chi connectivity index (χ3v) is 3.48. The predicted molar refractivity (Wildman–Crippen MR) is 91.6 cm³/mol. The minimum absolute atomic E-state index is 0.119. The Bertz CT molecular complexity index is 882. The average Bonchev–Trinajstić information content (AvgIpc) is 3.11. The number of carbonyl (C=O) groups is 1. The Balaban J connectivity index is 1.78. The van der Waals surface area contributed by atoms with E-state index in [0.717, 1.165) is 11.3 Å². The number of hydrogen-bond acceptors (Lipinski definition) is 7. The minimum atomic E-state index is -0.912. The van der Waals surface area contributed by atoms with Crippen molar-refractivity contribution >= 4 is 5.97 Å². The summed E-state index contributed by atoms with van der Waals surface area (Å²) in [6.07, 6.45) is 0. The number of methoxy groups -OCH3 is 1. The van der Waals surface area contributed by atoms with Crippen LogP contribution in [0.4, 0.5) is 0 Å². The molecule has 0 aliphatic carbocycles. The first-order valence-corrected chi connectivity index (χ1v) is 7.78. The molecule has 1 aromatic heterocycles. The smallest absolute Gasteiger partial charge is 0.346 e. The Morgan fingerprint density at radius 1 is 1.19 bits per heavy atom. The van der Waals surface area contributed by atoms with Crippen molar-refractivity contribution in [3.63, 3.8) is 0 Å². The van der Waals surface area contributed by atoms with Crippen LogP contribution in [0.25, 0.3) is 5.69 Å². The van der Waals surface area contributed by atoms with Crippen molar-refractivity contribution in [2.24, 2.45) is 0 Å².